The molecule has 1 heterocycles. The molecule has 4 heteroatoms. The van der Waals surface area contributed by atoms with Crippen molar-refractivity contribution in [2.45, 2.75) is 44.4 Å². The average molecular weight is 353 g/mol. The summed E-state index contributed by atoms with van der Waals surface area (Å²) in [6.45, 7) is 6.13. The SMILES string of the molecule is C=C(C)c1c(C2C=CC=CC2CCS)sc2c1CCC(F)(F)C2. The molecule has 0 spiro atoms. The molecule has 3 rings (SSSR count). The summed E-state index contributed by atoms with van der Waals surface area (Å²) < 4.78 is 27.6. The number of alkyl halides is 2. The first-order chi connectivity index (χ1) is 10.9. The number of allylic oxidation sites excluding steroid dienone is 5. The molecular formula is C19H22F2S2. The molecule has 0 radical (unpaired) electrons. The van der Waals surface area contributed by atoms with Crippen molar-refractivity contribution in [1.29, 1.82) is 0 Å². The number of thiophene rings is 1. The minimum atomic E-state index is -2.56. The quantitative estimate of drug-likeness (QED) is 0.626. The average Bonchev–Trinajstić information content (AvgIpc) is 2.85. The van der Waals surface area contributed by atoms with Gasteiger partial charge in [-0.15, -0.1) is 11.3 Å². The molecule has 124 valence electrons. The first kappa shape index (κ1) is 17.0. The number of fused-ring (bicyclic) bond motifs is 1. The van der Waals surface area contributed by atoms with E-state index in [0.717, 1.165) is 33.8 Å². The zero-order chi connectivity index (χ0) is 16.6. The molecule has 0 N–H and O–H groups in total. The molecule has 2 aliphatic carbocycles. The highest BCUT2D eigenvalue weighted by Crippen LogP contribution is 2.47. The molecule has 0 saturated carbocycles. The molecule has 0 aliphatic heterocycles. The Morgan fingerprint density at radius 1 is 1.39 bits per heavy atom. The monoisotopic (exact) mass is 352 g/mol. The van der Waals surface area contributed by atoms with Gasteiger partial charge in [0.25, 0.3) is 5.92 Å². The lowest BCUT2D eigenvalue weighted by atomic mass is 9.81. The summed E-state index contributed by atoms with van der Waals surface area (Å²) in [5.41, 5.74) is 3.26. The second kappa shape index (κ2) is 6.56. The van der Waals surface area contributed by atoms with Crippen molar-refractivity contribution >= 4 is 29.5 Å². The number of hydrogen-bond acceptors (Lipinski definition) is 2. The van der Waals surface area contributed by atoms with Crippen molar-refractivity contribution in [3.8, 4) is 0 Å². The Labute approximate surface area is 146 Å². The van der Waals surface area contributed by atoms with Gasteiger partial charge < -0.3 is 0 Å². The number of thiol groups is 1. The summed E-state index contributed by atoms with van der Waals surface area (Å²) in [7, 11) is 0. The van der Waals surface area contributed by atoms with E-state index in [1.807, 2.05) is 6.92 Å². The number of halogens is 2. The molecule has 1 aromatic rings. The van der Waals surface area contributed by atoms with Gasteiger partial charge in [0.1, 0.15) is 0 Å². The second-order valence-electron chi connectivity index (χ2n) is 6.53. The van der Waals surface area contributed by atoms with E-state index in [1.165, 1.54) is 4.88 Å². The van der Waals surface area contributed by atoms with Crippen molar-refractivity contribution in [3.05, 3.63) is 51.8 Å². The summed E-state index contributed by atoms with van der Waals surface area (Å²) in [5, 5.41) is 0. The van der Waals surface area contributed by atoms with Crippen LogP contribution in [0.3, 0.4) is 0 Å². The Morgan fingerprint density at radius 3 is 2.83 bits per heavy atom. The van der Waals surface area contributed by atoms with Gasteiger partial charge in [-0.2, -0.15) is 12.6 Å². The Balaban J connectivity index is 2.05. The van der Waals surface area contributed by atoms with Gasteiger partial charge in [0.2, 0.25) is 0 Å². The Hall–Kier alpha value is -0.870. The molecule has 2 aliphatic rings. The van der Waals surface area contributed by atoms with Gasteiger partial charge in [-0.05, 0) is 48.1 Å². The molecule has 23 heavy (non-hydrogen) atoms. The summed E-state index contributed by atoms with van der Waals surface area (Å²) in [6.07, 6.45) is 9.86. The van der Waals surface area contributed by atoms with Gasteiger partial charge in [0, 0.05) is 28.5 Å². The maximum absolute atomic E-state index is 13.8. The van der Waals surface area contributed by atoms with Gasteiger partial charge in [0.15, 0.2) is 0 Å². The van der Waals surface area contributed by atoms with E-state index in [1.54, 1.807) is 11.3 Å². The van der Waals surface area contributed by atoms with Gasteiger partial charge in [0.05, 0.1) is 0 Å². The first-order valence-corrected chi connectivity index (χ1v) is 9.52. The van der Waals surface area contributed by atoms with E-state index in [-0.39, 0.29) is 18.8 Å². The van der Waals surface area contributed by atoms with E-state index in [9.17, 15) is 8.78 Å². The zero-order valence-corrected chi connectivity index (χ0v) is 15.0. The Kier molecular flexibility index (Phi) is 4.84. The zero-order valence-electron chi connectivity index (χ0n) is 13.3. The van der Waals surface area contributed by atoms with Crippen LogP contribution in [0.2, 0.25) is 0 Å². The molecule has 2 atom stereocenters. The summed E-state index contributed by atoms with van der Waals surface area (Å²) in [5.74, 6) is -1.10. The summed E-state index contributed by atoms with van der Waals surface area (Å²) >= 11 is 5.95. The fraction of sp³-hybridized carbons (Fsp3) is 0.474. The maximum atomic E-state index is 13.8. The highest BCUT2D eigenvalue weighted by Gasteiger charge is 2.38. The fourth-order valence-electron chi connectivity index (χ4n) is 3.63. The third kappa shape index (κ3) is 3.34. The third-order valence-electron chi connectivity index (χ3n) is 4.72. The van der Waals surface area contributed by atoms with Crippen LogP contribution in [0.25, 0.3) is 5.57 Å². The normalized spacial score (nSPS) is 25.4. The van der Waals surface area contributed by atoms with Crippen molar-refractivity contribution < 1.29 is 8.78 Å². The van der Waals surface area contributed by atoms with Crippen LogP contribution in [0.15, 0.2) is 30.9 Å². The highest BCUT2D eigenvalue weighted by molar-refractivity contribution is 7.80. The Bertz CT molecular complexity index is 667. The molecule has 0 fully saturated rings. The van der Waals surface area contributed by atoms with E-state index in [0.29, 0.717) is 12.3 Å². The minimum absolute atomic E-state index is 0.0447. The van der Waals surface area contributed by atoms with Crippen LogP contribution in [0.4, 0.5) is 8.78 Å². The summed E-state index contributed by atoms with van der Waals surface area (Å²) in [6, 6.07) is 0. The maximum Gasteiger partial charge on any atom is 0.253 e. The van der Waals surface area contributed by atoms with E-state index < -0.39 is 5.92 Å². The molecule has 0 aromatic carbocycles. The molecule has 0 nitrogen and oxygen atoms in total. The largest absolute Gasteiger partial charge is 0.253 e. The van der Waals surface area contributed by atoms with Gasteiger partial charge in [-0.25, -0.2) is 8.78 Å². The molecule has 2 unspecified atom stereocenters. The molecular weight excluding hydrogens is 330 g/mol. The molecule has 0 saturated heterocycles. The van der Waals surface area contributed by atoms with Gasteiger partial charge in [-0.3, -0.25) is 0 Å². The van der Waals surface area contributed by atoms with Crippen LogP contribution in [0.5, 0.6) is 0 Å². The van der Waals surface area contributed by atoms with Crippen LogP contribution in [0.1, 0.15) is 46.6 Å². The van der Waals surface area contributed by atoms with Crippen molar-refractivity contribution in [3.63, 3.8) is 0 Å². The Morgan fingerprint density at radius 2 is 2.13 bits per heavy atom. The van der Waals surface area contributed by atoms with Crippen LogP contribution in [-0.2, 0) is 12.8 Å². The summed E-state index contributed by atoms with van der Waals surface area (Å²) in [4.78, 5) is 2.08. The lowest BCUT2D eigenvalue weighted by Gasteiger charge is -2.25. The predicted molar refractivity (Wildman–Crippen MR) is 99.0 cm³/mol. The van der Waals surface area contributed by atoms with E-state index in [2.05, 4.69) is 43.5 Å². The standard InChI is InChI=1S/C19H22F2S2/c1-12(2)17-15-7-9-19(20,21)11-16(15)23-18(17)14-6-4-3-5-13(14)8-10-22/h3-6,13-14,22H,1,7-11H2,2H3. The lowest BCUT2D eigenvalue weighted by molar-refractivity contribution is -0.0111. The van der Waals surface area contributed by atoms with Crippen LogP contribution >= 0.6 is 24.0 Å². The predicted octanol–water partition coefficient (Wildman–Crippen LogP) is 6.05. The smallest absolute Gasteiger partial charge is 0.206 e. The van der Waals surface area contributed by atoms with Crippen molar-refractivity contribution in [1.82, 2.24) is 0 Å². The lowest BCUT2D eigenvalue weighted by Crippen LogP contribution is -2.25. The van der Waals surface area contributed by atoms with Crippen LogP contribution in [0, 0.1) is 5.92 Å². The van der Waals surface area contributed by atoms with Gasteiger partial charge in [-0.1, -0.05) is 30.9 Å². The van der Waals surface area contributed by atoms with Crippen molar-refractivity contribution in [2.24, 2.45) is 5.92 Å². The molecule has 1 aromatic heterocycles. The second-order valence-corrected chi connectivity index (χ2v) is 8.11. The topological polar surface area (TPSA) is 0 Å². The van der Waals surface area contributed by atoms with Crippen LogP contribution in [-0.4, -0.2) is 11.7 Å². The highest BCUT2D eigenvalue weighted by atomic mass is 32.1. The molecule has 0 amide bonds. The van der Waals surface area contributed by atoms with Crippen LogP contribution < -0.4 is 0 Å². The van der Waals surface area contributed by atoms with E-state index >= 15 is 0 Å². The van der Waals surface area contributed by atoms with E-state index in [4.69, 9.17) is 0 Å². The fourth-order valence-corrected chi connectivity index (χ4v) is 5.60. The first-order valence-electron chi connectivity index (χ1n) is 8.07. The molecule has 0 bridgehead atoms. The number of hydrogen-bond donors (Lipinski definition) is 1. The van der Waals surface area contributed by atoms with Gasteiger partial charge >= 0.3 is 0 Å². The third-order valence-corrected chi connectivity index (χ3v) is 6.31. The van der Waals surface area contributed by atoms with Crippen molar-refractivity contribution in [2.75, 3.05) is 5.75 Å². The minimum Gasteiger partial charge on any atom is -0.206 e. The number of rotatable bonds is 4.